The highest BCUT2D eigenvalue weighted by Gasteiger charge is 2.26. The third-order valence-corrected chi connectivity index (χ3v) is 8.13. The Labute approximate surface area is 229 Å². The van der Waals surface area contributed by atoms with E-state index in [2.05, 4.69) is 55.1 Å². The van der Waals surface area contributed by atoms with E-state index in [1.54, 1.807) is 11.3 Å². The monoisotopic (exact) mass is 539 g/mol. The summed E-state index contributed by atoms with van der Waals surface area (Å²) in [6.45, 7) is 10.6. The van der Waals surface area contributed by atoms with Gasteiger partial charge in [-0.25, -0.2) is 4.98 Å². The lowest BCUT2D eigenvalue weighted by Crippen LogP contribution is -2.42. The van der Waals surface area contributed by atoms with Gasteiger partial charge in [-0.15, -0.1) is 11.3 Å². The maximum absolute atomic E-state index is 13.4. The van der Waals surface area contributed by atoms with Crippen LogP contribution in [0.25, 0.3) is 11.0 Å². The van der Waals surface area contributed by atoms with Gasteiger partial charge in [-0.05, 0) is 54.8 Å². The van der Waals surface area contributed by atoms with Crippen LogP contribution in [0, 0.1) is 11.8 Å². The molecule has 3 heterocycles. The number of nitrogens with zero attached hydrogens (tertiary/aromatic N) is 2. The lowest BCUT2D eigenvalue weighted by Gasteiger charge is -2.24. The molecule has 2 atom stereocenters. The molecule has 2 aromatic heterocycles. The molecule has 0 bridgehead atoms. The van der Waals surface area contributed by atoms with E-state index in [1.165, 1.54) is 4.88 Å². The Morgan fingerprint density at radius 1 is 1.18 bits per heavy atom. The molecule has 7 nitrogen and oxygen atoms in total. The number of Topliss-reactive ketones (excluding diaryl/α,β-unsaturated/α-hetero) is 1. The smallest absolute Gasteiger partial charge is 0.223 e. The Morgan fingerprint density at radius 3 is 2.66 bits per heavy atom. The molecule has 0 spiro atoms. The maximum atomic E-state index is 13.4. The zero-order valence-electron chi connectivity index (χ0n) is 23.1. The van der Waals surface area contributed by atoms with Gasteiger partial charge < -0.3 is 19.4 Å². The average Bonchev–Trinajstić information content (AvgIpc) is 3.55. The predicted molar refractivity (Wildman–Crippen MR) is 152 cm³/mol. The van der Waals surface area contributed by atoms with E-state index >= 15 is 0 Å². The Morgan fingerprint density at radius 2 is 2.00 bits per heavy atom. The summed E-state index contributed by atoms with van der Waals surface area (Å²) in [5.74, 6) is 0.817. The molecule has 206 valence electrons. The van der Waals surface area contributed by atoms with Crippen LogP contribution >= 0.6 is 11.3 Å². The van der Waals surface area contributed by atoms with Crippen molar-refractivity contribution in [1.29, 1.82) is 0 Å². The third kappa shape index (κ3) is 7.10. The minimum Gasteiger partial charge on any atom is -0.376 e. The molecule has 1 fully saturated rings. The Hall–Kier alpha value is -2.55. The van der Waals surface area contributed by atoms with Crippen LogP contribution in [0.2, 0.25) is 0 Å². The fourth-order valence-corrected chi connectivity index (χ4v) is 5.99. The molecule has 4 rings (SSSR count). The number of carbonyl (C=O) groups excluding carboxylic acids is 2. The number of carbonyl (C=O) groups is 2. The van der Waals surface area contributed by atoms with Crippen LogP contribution in [0.1, 0.15) is 80.5 Å². The largest absolute Gasteiger partial charge is 0.376 e. The fraction of sp³-hybridized carbons (Fsp3) is 0.567. The predicted octanol–water partition coefficient (Wildman–Crippen LogP) is 5.82. The molecule has 1 unspecified atom stereocenters. The summed E-state index contributed by atoms with van der Waals surface area (Å²) >= 11 is 1.74. The molecular weight excluding hydrogens is 498 g/mol. The molecule has 0 saturated carbocycles. The van der Waals surface area contributed by atoms with E-state index in [1.807, 2.05) is 18.2 Å². The molecule has 1 saturated heterocycles. The number of rotatable bonds is 13. The average molecular weight is 540 g/mol. The first-order chi connectivity index (χ1) is 18.4. The van der Waals surface area contributed by atoms with E-state index in [0.29, 0.717) is 50.3 Å². The lowest BCUT2D eigenvalue weighted by molar-refractivity contribution is -0.128. The zero-order valence-corrected chi connectivity index (χ0v) is 23.9. The van der Waals surface area contributed by atoms with Crippen molar-refractivity contribution < 1.29 is 19.1 Å². The van der Waals surface area contributed by atoms with Crippen LogP contribution in [0.15, 0.2) is 35.7 Å². The fourth-order valence-electron chi connectivity index (χ4n) is 5.28. The molecule has 1 aliphatic rings. The van der Waals surface area contributed by atoms with Crippen molar-refractivity contribution in [2.75, 3.05) is 26.4 Å². The van der Waals surface area contributed by atoms with E-state index in [9.17, 15) is 9.59 Å². The maximum Gasteiger partial charge on any atom is 0.223 e. The van der Waals surface area contributed by atoms with Gasteiger partial charge >= 0.3 is 0 Å². The third-order valence-electron chi connectivity index (χ3n) is 7.25. The van der Waals surface area contributed by atoms with Crippen LogP contribution in [0.3, 0.4) is 0 Å². The normalized spacial score (nSPS) is 16.8. The number of fused-ring (bicyclic) bond motifs is 1. The van der Waals surface area contributed by atoms with E-state index in [0.717, 1.165) is 36.1 Å². The highest BCUT2D eigenvalue weighted by atomic mass is 32.1. The van der Waals surface area contributed by atoms with Crippen molar-refractivity contribution in [3.63, 3.8) is 0 Å². The molecule has 3 aromatic rings. The molecule has 1 aromatic carbocycles. The minimum absolute atomic E-state index is 0.0261. The first-order valence-corrected chi connectivity index (χ1v) is 14.8. The summed E-state index contributed by atoms with van der Waals surface area (Å²) < 4.78 is 13.4. The number of aromatic nitrogens is 2. The number of nitrogens with one attached hydrogen (secondary N) is 1. The van der Waals surface area contributed by atoms with Crippen molar-refractivity contribution in [3.8, 4) is 0 Å². The summed E-state index contributed by atoms with van der Waals surface area (Å²) in [6.07, 6.45) is 3.49. The van der Waals surface area contributed by atoms with Gasteiger partial charge in [0, 0.05) is 41.8 Å². The molecule has 1 amide bonds. The standard InChI is InChI=1S/C30H41N3O4S/c1-5-23(6-2)33-27-10-9-21(15-26(27)32-29(33)17-25-8-7-13-38-25)28(34)16-22(14-20(3)4)30(35)31-18-24-19-36-11-12-37-24/h7-10,13,15,20,22-24H,5-6,11-12,14,16-19H2,1-4H3,(H,31,35)/t22-,24?/m1/s1. The molecule has 0 aliphatic carbocycles. The summed E-state index contributed by atoms with van der Waals surface area (Å²) in [6, 6.07) is 10.4. The van der Waals surface area contributed by atoms with Crippen LogP contribution in [0.5, 0.6) is 0 Å². The highest BCUT2D eigenvalue weighted by Crippen LogP contribution is 2.29. The topological polar surface area (TPSA) is 82.5 Å². The van der Waals surface area contributed by atoms with Crippen molar-refractivity contribution >= 4 is 34.1 Å². The summed E-state index contributed by atoms with van der Waals surface area (Å²) in [4.78, 5) is 32.8. The van der Waals surface area contributed by atoms with Gasteiger partial charge in [0.25, 0.3) is 0 Å². The van der Waals surface area contributed by atoms with Crippen molar-refractivity contribution in [2.45, 2.75) is 71.9 Å². The van der Waals surface area contributed by atoms with Crippen molar-refractivity contribution in [1.82, 2.24) is 14.9 Å². The number of imidazole rings is 1. The van der Waals surface area contributed by atoms with Gasteiger partial charge in [0.2, 0.25) is 5.91 Å². The minimum atomic E-state index is -0.390. The second-order valence-electron chi connectivity index (χ2n) is 10.6. The van der Waals surface area contributed by atoms with Crippen LogP contribution in [0.4, 0.5) is 0 Å². The van der Waals surface area contributed by atoms with Crippen LogP contribution < -0.4 is 5.32 Å². The molecule has 8 heteroatoms. The Balaban J connectivity index is 1.53. The van der Waals surface area contributed by atoms with E-state index in [4.69, 9.17) is 14.5 Å². The SMILES string of the molecule is CCC(CC)n1c(Cc2cccs2)nc2cc(C(=O)C[C@@H](CC(C)C)C(=O)NCC3COCCO3)ccc21. The molecule has 1 N–H and O–H groups in total. The number of ether oxygens (including phenoxy) is 2. The number of benzene rings is 1. The number of amides is 1. The first-order valence-electron chi connectivity index (χ1n) is 13.9. The van der Waals surface area contributed by atoms with E-state index in [-0.39, 0.29) is 30.1 Å². The van der Waals surface area contributed by atoms with Crippen molar-refractivity contribution in [2.24, 2.45) is 11.8 Å². The van der Waals surface area contributed by atoms with Gasteiger partial charge in [0.15, 0.2) is 5.78 Å². The number of thiophene rings is 1. The second-order valence-corrected chi connectivity index (χ2v) is 11.6. The summed E-state index contributed by atoms with van der Waals surface area (Å²) in [5, 5.41) is 5.08. The van der Waals surface area contributed by atoms with Gasteiger partial charge in [0.05, 0.1) is 37.0 Å². The number of ketones is 1. The number of hydrogen-bond acceptors (Lipinski definition) is 6. The van der Waals surface area contributed by atoms with Crippen molar-refractivity contribution in [3.05, 3.63) is 52.0 Å². The molecule has 0 radical (unpaired) electrons. The second kappa shape index (κ2) is 13.5. The highest BCUT2D eigenvalue weighted by molar-refractivity contribution is 7.09. The van der Waals surface area contributed by atoms with Crippen LogP contribution in [-0.4, -0.2) is 53.7 Å². The summed E-state index contributed by atoms with van der Waals surface area (Å²) in [5.41, 5.74) is 2.52. The lowest BCUT2D eigenvalue weighted by atomic mass is 9.89. The first kappa shape index (κ1) is 28.5. The molecular formula is C30H41N3O4S. The molecule has 38 heavy (non-hydrogen) atoms. The van der Waals surface area contributed by atoms with Crippen LogP contribution in [-0.2, 0) is 20.7 Å². The summed E-state index contributed by atoms with van der Waals surface area (Å²) in [7, 11) is 0. The Kier molecular flexibility index (Phi) is 10.1. The zero-order chi connectivity index (χ0) is 27.1. The van der Waals surface area contributed by atoms with Gasteiger partial charge in [-0.1, -0.05) is 33.8 Å². The quantitative estimate of drug-likeness (QED) is 0.277. The van der Waals surface area contributed by atoms with E-state index < -0.39 is 0 Å². The molecule has 1 aliphatic heterocycles. The number of hydrogen-bond donors (Lipinski definition) is 1. The van der Waals surface area contributed by atoms with Gasteiger partial charge in [-0.3, -0.25) is 9.59 Å². The van der Waals surface area contributed by atoms with Gasteiger partial charge in [-0.2, -0.15) is 0 Å². The Bertz CT molecular complexity index is 1190. The van der Waals surface area contributed by atoms with Gasteiger partial charge in [0.1, 0.15) is 5.82 Å².